The molecule has 3 nitrogen and oxygen atoms in total. The second-order valence-corrected chi connectivity index (χ2v) is 4.69. The SMILES string of the molecule is COc1ccccc1CC(=O)NC(C)c1ccccc1. The highest BCUT2D eigenvalue weighted by Gasteiger charge is 2.11. The maximum atomic E-state index is 12.1. The van der Waals surface area contributed by atoms with Crippen LogP contribution in [0.2, 0.25) is 0 Å². The lowest BCUT2D eigenvalue weighted by Gasteiger charge is -2.15. The number of rotatable bonds is 5. The van der Waals surface area contributed by atoms with Gasteiger partial charge in [-0.3, -0.25) is 4.79 Å². The summed E-state index contributed by atoms with van der Waals surface area (Å²) in [4.78, 5) is 12.1. The number of hydrogen-bond acceptors (Lipinski definition) is 2. The Balaban J connectivity index is 1.99. The summed E-state index contributed by atoms with van der Waals surface area (Å²) in [6.07, 6.45) is 0.321. The third kappa shape index (κ3) is 3.60. The lowest BCUT2D eigenvalue weighted by Crippen LogP contribution is -2.28. The summed E-state index contributed by atoms with van der Waals surface area (Å²) in [6, 6.07) is 17.5. The fourth-order valence-electron chi connectivity index (χ4n) is 2.14. The molecule has 2 rings (SSSR count). The molecular formula is C17H19NO2. The summed E-state index contributed by atoms with van der Waals surface area (Å²) in [7, 11) is 1.61. The van der Waals surface area contributed by atoms with Crippen molar-refractivity contribution in [2.24, 2.45) is 0 Å². The molecule has 0 bridgehead atoms. The number of nitrogens with one attached hydrogen (secondary N) is 1. The van der Waals surface area contributed by atoms with E-state index in [1.54, 1.807) is 7.11 Å². The Morgan fingerprint density at radius 1 is 1.10 bits per heavy atom. The van der Waals surface area contributed by atoms with Gasteiger partial charge in [0.1, 0.15) is 5.75 Å². The number of para-hydroxylation sites is 1. The van der Waals surface area contributed by atoms with E-state index >= 15 is 0 Å². The first-order valence-corrected chi connectivity index (χ1v) is 6.67. The zero-order valence-corrected chi connectivity index (χ0v) is 11.8. The van der Waals surface area contributed by atoms with E-state index in [2.05, 4.69) is 5.32 Å². The summed E-state index contributed by atoms with van der Waals surface area (Å²) < 4.78 is 5.26. The van der Waals surface area contributed by atoms with Crippen molar-refractivity contribution in [1.82, 2.24) is 5.32 Å². The normalized spacial score (nSPS) is 11.7. The quantitative estimate of drug-likeness (QED) is 0.905. The first kappa shape index (κ1) is 14.1. The molecule has 0 aliphatic rings. The van der Waals surface area contributed by atoms with Crippen molar-refractivity contribution >= 4 is 5.91 Å². The van der Waals surface area contributed by atoms with Crippen LogP contribution >= 0.6 is 0 Å². The van der Waals surface area contributed by atoms with Crippen LogP contribution in [-0.4, -0.2) is 13.0 Å². The van der Waals surface area contributed by atoms with E-state index < -0.39 is 0 Å². The molecule has 1 N–H and O–H groups in total. The number of carbonyl (C=O) groups is 1. The Labute approximate surface area is 119 Å². The number of carbonyl (C=O) groups excluding carboxylic acids is 1. The zero-order chi connectivity index (χ0) is 14.4. The minimum absolute atomic E-state index is 0.00147. The van der Waals surface area contributed by atoms with Gasteiger partial charge in [0.2, 0.25) is 5.91 Å². The van der Waals surface area contributed by atoms with Gasteiger partial charge < -0.3 is 10.1 Å². The molecule has 0 fully saturated rings. The van der Waals surface area contributed by atoms with Crippen LogP contribution in [0, 0.1) is 0 Å². The lowest BCUT2D eigenvalue weighted by atomic mass is 10.1. The van der Waals surface area contributed by atoms with Crippen LogP contribution in [0.25, 0.3) is 0 Å². The minimum atomic E-state index is -0.00847. The molecule has 1 unspecified atom stereocenters. The maximum Gasteiger partial charge on any atom is 0.225 e. The second-order valence-electron chi connectivity index (χ2n) is 4.69. The van der Waals surface area contributed by atoms with Crippen LogP contribution in [0.5, 0.6) is 5.75 Å². The molecule has 0 aromatic heterocycles. The van der Waals surface area contributed by atoms with Gasteiger partial charge in [-0.25, -0.2) is 0 Å². The third-order valence-electron chi connectivity index (χ3n) is 3.22. The second kappa shape index (κ2) is 6.75. The molecule has 104 valence electrons. The van der Waals surface area contributed by atoms with Gasteiger partial charge in [0.05, 0.1) is 19.6 Å². The average molecular weight is 269 g/mol. The van der Waals surface area contributed by atoms with Crippen LogP contribution in [-0.2, 0) is 11.2 Å². The van der Waals surface area contributed by atoms with E-state index in [4.69, 9.17) is 4.74 Å². The molecule has 0 saturated carbocycles. The van der Waals surface area contributed by atoms with E-state index in [0.717, 1.165) is 16.9 Å². The van der Waals surface area contributed by atoms with Crippen LogP contribution in [0.3, 0.4) is 0 Å². The van der Waals surface area contributed by atoms with Crippen molar-refractivity contribution < 1.29 is 9.53 Å². The highest BCUT2D eigenvalue weighted by molar-refractivity contribution is 5.79. The van der Waals surface area contributed by atoms with Crippen molar-refractivity contribution in [3.8, 4) is 5.75 Å². The van der Waals surface area contributed by atoms with Gasteiger partial charge in [0.25, 0.3) is 0 Å². The summed E-state index contributed by atoms with van der Waals surface area (Å²) in [6.45, 7) is 1.98. The molecule has 0 aliphatic heterocycles. The Bertz CT molecular complexity index is 566. The van der Waals surface area contributed by atoms with Gasteiger partial charge in [-0.1, -0.05) is 48.5 Å². The van der Waals surface area contributed by atoms with Gasteiger partial charge in [-0.05, 0) is 18.6 Å². The number of hydrogen-bond donors (Lipinski definition) is 1. The monoisotopic (exact) mass is 269 g/mol. The van der Waals surface area contributed by atoms with E-state index in [-0.39, 0.29) is 11.9 Å². The van der Waals surface area contributed by atoms with Crippen molar-refractivity contribution in [1.29, 1.82) is 0 Å². The zero-order valence-electron chi connectivity index (χ0n) is 11.8. The molecule has 0 radical (unpaired) electrons. The van der Waals surface area contributed by atoms with Gasteiger partial charge in [0, 0.05) is 5.56 Å². The molecule has 2 aromatic carbocycles. The number of methoxy groups -OCH3 is 1. The molecule has 0 saturated heterocycles. The molecule has 1 amide bonds. The molecule has 20 heavy (non-hydrogen) atoms. The van der Waals surface area contributed by atoms with E-state index in [0.29, 0.717) is 6.42 Å². The summed E-state index contributed by atoms with van der Waals surface area (Å²) >= 11 is 0. The molecule has 2 aromatic rings. The number of benzene rings is 2. The minimum Gasteiger partial charge on any atom is -0.496 e. The lowest BCUT2D eigenvalue weighted by molar-refractivity contribution is -0.121. The van der Waals surface area contributed by atoms with E-state index in [9.17, 15) is 4.79 Å². The first-order chi connectivity index (χ1) is 9.70. The van der Waals surface area contributed by atoms with Crippen molar-refractivity contribution in [3.63, 3.8) is 0 Å². The molecule has 0 heterocycles. The van der Waals surface area contributed by atoms with Gasteiger partial charge in [-0.2, -0.15) is 0 Å². The van der Waals surface area contributed by atoms with Gasteiger partial charge in [0.15, 0.2) is 0 Å². The molecular weight excluding hydrogens is 250 g/mol. The Morgan fingerprint density at radius 3 is 2.45 bits per heavy atom. The Hall–Kier alpha value is -2.29. The predicted octanol–water partition coefficient (Wildman–Crippen LogP) is 3.12. The topological polar surface area (TPSA) is 38.3 Å². The van der Waals surface area contributed by atoms with Gasteiger partial charge >= 0.3 is 0 Å². The fraction of sp³-hybridized carbons (Fsp3) is 0.235. The molecule has 1 atom stereocenters. The van der Waals surface area contributed by atoms with Crippen molar-refractivity contribution in [3.05, 3.63) is 65.7 Å². The van der Waals surface area contributed by atoms with Gasteiger partial charge in [-0.15, -0.1) is 0 Å². The maximum absolute atomic E-state index is 12.1. The Kier molecular flexibility index (Phi) is 4.77. The van der Waals surface area contributed by atoms with Crippen LogP contribution in [0.15, 0.2) is 54.6 Å². The van der Waals surface area contributed by atoms with Crippen LogP contribution < -0.4 is 10.1 Å². The van der Waals surface area contributed by atoms with Crippen molar-refractivity contribution in [2.45, 2.75) is 19.4 Å². The molecule has 0 aliphatic carbocycles. The van der Waals surface area contributed by atoms with Crippen LogP contribution in [0.4, 0.5) is 0 Å². The number of ether oxygens (including phenoxy) is 1. The average Bonchev–Trinajstić information content (AvgIpc) is 2.48. The fourth-order valence-corrected chi connectivity index (χ4v) is 2.14. The largest absolute Gasteiger partial charge is 0.496 e. The number of amides is 1. The highest BCUT2D eigenvalue weighted by atomic mass is 16.5. The van der Waals surface area contributed by atoms with Crippen molar-refractivity contribution in [2.75, 3.05) is 7.11 Å². The summed E-state index contributed by atoms with van der Waals surface area (Å²) in [5.74, 6) is 0.737. The summed E-state index contributed by atoms with van der Waals surface area (Å²) in [5, 5.41) is 3.00. The molecule has 0 spiro atoms. The summed E-state index contributed by atoms with van der Waals surface area (Å²) in [5.41, 5.74) is 1.99. The molecule has 3 heteroatoms. The smallest absolute Gasteiger partial charge is 0.225 e. The first-order valence-electron chi connectivity index (χ1n) is 6.67. The Morgan fingerprint density at radius 2 is 1.75 bits per heavy atom. The predicted molar refractivity (Wildman–Crippen MR) is 79.7 cm³/mol. The highest BCUT2D eigenvalue weighted by Crippen LogP contribution is 2.18. The van der Waals surface area contributed by atoms with Crippen LogP contribution in [0.1, 0.15) is 24.1 Å². The van der Waals surface area contributed by atoms with E-state index in [1.807, 2.05) is 61.5 Å². The third-order valence-corrected chi connectivity index (χ3v) is 3.22. The standard InChI is InChI=1S/C17H19NO2/c1-13(14-8-4-3-5-9-14)18-17(19)12-15-10-6-7-11-16(15)20-2/h3-11,13H,12H2,1-2H3,(H,18,19). The van der Waals surface area contributed by atoms with E-state index in [1.165, 1.54) is 0 Å².